The lowest BCUT2D eigenvalue weighted by Gasteiger charge is -2.25. The second-order valence-corrected chi connectivity index (χ2v) is 7.52. The number of benzene rings is 1. The molecule has 2 rings (SSSR count). The van der Waals surface area contributed by atoms with Gasteiger partial charge in [0.25, 0.3) is 0 Å². The summed E-state index contributed by atoms with van der Waals surface area (Å²) in [6, 6.07) is 8.92. The van der Waals surface area contributed by atoms with Crippen LogP contribution in [0.5, 0.6) is 0 Å². The smallest absolute Gasteiger partial charge is 0.410 e. The first-order valence-electron chi connectivity index (χ1n) is 8.63. The maximum absolute atomic E-state index is 12.1. The predicted octanol–water partition coefficient (Wildman–Crippen LogP) is 4.80. The molecule has 0 heterocycles. The Morgan fingerprint density at radius 3 is 2.61 bits per heavy atom. The Morgan fingerprint density at radius 1 is 1.26 bits per heavy atom. The largest absolute Gasteiger partial charge is 0.444 e. The van der Waals surface area contributed by atoms with E-state index in [4.69, 9.17) is 4.74 Å². The van der Waals surface area contributed by atoms with Crippen molar-refractivity contribution in [1.29, 1.82) is 0 Å². The van der Waals surface area contributed by atoms with Crippen LogP contribution < -0.4 is 5.32 Å². The van der Waals surface area contributed by atoms with Gasteiger partial charge in [-0.2, -0.15) is 0 Å². The van der Waals surface area contributed by atoms with Crippen LogP contribution in [0.4, 0.5) is 10.5 Å². The summed E-state index contributed by atoms with van der Waals surface area (Å²) in [4.78, 5) is 13.7. The quantitative estimate of drug-likeness (QED) is 0.867. The Morgan fingerprint density at radius 2 is 1.96 bits per heavy atom. The third kappa shape index (κ3) is 6.12. The molecule has 0 bridgehead atoms. The van der Waals surface area contributed by atoms with Gasteiger partial charge in [0.15, 0.2) is 0 Å². The Balaban J connectivity index is 1.92. The number of carbonyl (C=O) groups excluding carboxylic acids is 1. The number of rotatable bonds is 4. The van der Waals surface area contributed by atoms with Crippen LogP contribution in [0.15, 0.2) is 24.3 Å². The monoisotopic (exact) mass is 318 g/mol. The van der Waals surface area contributed by atoms with Gasteiger partial charge in [-0.15, -0.1) is 0 Å². The molecule has 0 unspecified atom stereocenters. The van der Waals surface area contributed by atoms with Crippen LogP contribution in [0.25, 0.3) is 0 Å². The third-order valence-electron chi connectivity index (χ3n) is 4.03. The first-order chi connectivity index (χ1) is 10.8. The average molecular weight is 318 g/mol. The summed E-state index contributed by atoms with van der Waals surface area (Å²) in [5.74, 6) is 0. The summed E-state index contributed by atoms with van der Waals surface area (Å²) >= 11 is 0. The van der Waals surface area contributed by atoms with E-state index in [1.807, 2.05) is 32.9 Å². The molecule has 128 valence electrons. The first kappa shape index (κ1) is 17.6. The summed E-state index contributed by atoms with van der Waals surface area (Å²) in [6.45, 7) is 6.20. The summed E-state index contributed by atoms with van der Waals surface area (Å²) in [7, 11) is 1.77. The minimum absolute atomic E-state index is 0.289. The van der Waals surface area contributed by atoms with Gasteiger partial charge in [-0.1, -0.05) is 31.4 Å². The fraction of sp³-hybridized carbons (Fsp3) is 0.632. The Labute approximate surface area is 140 Å². The Kier molecular flexibility index (Phi) is 5.91. The molecule has 0 saturated heterocycles. The highest BCUT2D eigenvalue weighted by atomic mass is 16.6. The summed E-state index contributed by atoms with van der Waals surface area (Å²) < 4.78 is 5.39. The van der Waals surface area contributed by atoms with E-state index in [2.05, 4.69) is 17.4 Å². The summed E-state index contributed by atoms with van der Waals surface area (Å²) in [6.07, 6.45) is 6.21. The van der Waals surface area contributed by atoms with Crippen molar-refractivity contribution in [3.05, 3.63) is 29.8 Å². The molecule has 1 aliphatic carbocycles. The molecule has 1 N–H and O–H groups in total. The number of nitrogens with zero attached hydrogens (tertiary/aromatic N) is 1. The fourth-order valence-corrected chi connectivity index (χ4v) is 2.92. The highest BCUT2D eigenvalue weighted by Crippen LogP contribution is 2.22. The van der Waals surface area contributed by atoms with Gasteiger partial charge < -0.3 is 15.0 Å². The van der Waals surface area contributed by atoms with Gasteiger partial charge in [0.2, 0.25) is 0 Å². The van der Waals surface area contributed by atoms with Crippen molar-refractivity contribution in [2.24, 2.45) is 0 Å². The lowest BCUT2D eigenvalue weighted by atomic mass is 9.95. The SMILES string of the molecule is CN(Cc1cccc(NC2CCCCC2)c1)C(=O)OC(C)(C)C. The number of hydrogen-bond acceptors (Lipinski definition) is 3. The first-order valence-corrected chi connectivity index (χ1v) is 8.63. The van der Waals surface area contributed by atoms with Crippen LogP contribution in [-0.2, 0) is 11.3 Å². The molecule has 1 aliphatic rings. The van der Waals surface area contributed by atoms with Gasteiger partial charge in [0.05, 0.1) is 0 Å². The maximum Gasteiger partial charge on any atom is 0.410 e. The molecule has 1 fully saturated rings. The number of hydrogen-bond donors (Lipinski definition) is 1. The molecule has 0 radical (unpaired) electrons. The maximum atomic E-state index is 12.1. The van der Waals surface area contributed by atoms with E-state index in [0.717, 1.165) is 11.3 Å². The zero-order valence-electron chi connectivity index (χ0n) is 14.9. The molecule has 0 aromatic heterocycles. The molecule has 0 aliphatic heterocycles. The number of carbonyl (C=O) groups is 1. The van der Waals surface area contributed by atoms with Gasteiger partial charge >= 0.3 is 6.09 Å². The van der Waals surface area contributed by atoms with E-state index in [0.29, 0.717) is 12.6 Å². The van der Waals surface area contributed by atoms with Crippen molar-refractivity contribution >= 4 is 11.8 Å². The van der Waals surface area contributed by atoms with Crippen LogP contribution in [0.3, 0.4) is 0 Å². The zero-order chi connectivity index (χ0) is 16.9. The second kappa shape index (κ2) is 7.71. The number of nitrogens with one attached hydrogen (secondary N) is 1. The molecule has 0 spiro atoms. The third-order valence-corrected chi connectivity index (χ3v) is 4.03. The lowest BCUT2D eigenvalue weighted by Crippen LogP contribution is -2.33. The van der Waals surface area contributed by atoms with Crippen molar-refractivity contribution in [2.45, 2.75) is 71.1 Å². The van der Waals surface area contributed by atoms with Crippen molar-refractivity contribution in [3.63, 3.8) is 0 Å². The molecule has 4 nitrogen and oxygen atoms in total. The summed E-state index contributed by atoms with van der Waals surface area (Å²) in [5, 5.41) is 3.63. The Bertz CT molecular complexity index is 516. The fourth-order valence-electron chi connectivity index (χ4n) is 2.92. The molecule has 1 saturated carbocycles. The highest BCUT2D eigenvalue weighted by molar-refractivity contribution is 5.67. The van der Waals surface area contributed by atoms with E-state index in [1.165, 1.54) is 32.1 Å². The van der Waals surface area contributed by atoms with Crippen LogP contribution in [-0.4, -0.2) is 29.7 Å². The minimum Gasteiger partial charge on any atom is -0.444 e. The number of ether oxygens (including phenoxy) is 1. The van der Waals surface area contributed by atoms with Crippen molar-refractivity contribution in [3.8, 4) is 0 Å². The van der Waals surface area contributed by atoms with Gasteiger partial charge in [-0.3, -0.25) is 0 Å². The van der Waals surface area contributed by atoms with E-state index in [-0.39, 0.29) is 6.09 Å². The van der Waals surface area contributed by atoms with Crippen LogP contribution in [0, 0.1) is 0 Å². The molecular formula is C19H30N2O2. The molecule has 1 aromatic rings. The van der Waals surface area contributed by atoms with Crippen molar-refractivity contribution in [2.75, 3.05) is 12.4 Å². The summed E-state index contributed by atoms with van der Waals surface area (Å²) in [5.41, 5.74) is 1.79. The number of amides is 1. The van der Waals surface area contributed by atoms with Gasteiger partial charge in [0, 0.05) is 25.3 Å². The molecule has 23 heavy (non-hydrogen) atoms. The molecule has 0 atom stereocenters. The van der Waals surface area contributed by atoms with E-state index in [1.54, 1.807) is 11.9 Å². The van der Waals surface area contributed by atoms with Crippen LogP contribution in [0.1, 0.15) is 58.4 Å². The number of anilines is 1. The minimum atomic E-state index is -0.463. The molecule has 4 heteroatoms. The van der Waals surface area contributed by atoms with Gasteiger partial charge in [-0.25, -0.2) is 4.79 Å². The van der Waals surface area contributed by atoms with Gasteiger partial charge in [-0.05, 0) is 51.3 Å². The standard InChI is InChI=1S/C19H30N2O2/c1-19(2,3)23-18(22)21(4)14-15-9-8-12-17(13-15)20-16-10-6-5-7-11-16/h8-9,12-13,16,20H,5-7,10-11,14H2,1-4H3. The van der Waals surface area contributed by atoms with E-state index in [9.17, 15) is 4.79 Å². The predicted molar refractivity (Wildman–Crippen MR) is 94.6 cm³/mol. The van der Waals surface area contributed by atoms with Crippen molar-refractivity contribution < 1.29 is 9.53 Å². The van der Waals surface area contributed by atoms with Crippen molar-refractivity contribution in [1.82, 2.24) is 4.90 Å². The second-order valence-electron chi connectivity index (χ2n) is 7.52. The zero-order valence-corrected chi connectivity index (χ0v) is 14.9. The van der Waals surface area contributed by atoms with Crippen LogP contribution in [0.2, 0.25) is 0 Å². The van der Waals surface area contributed by atoms with E-state index < -0.39 is 5.60 Å². The molecule has 1 amide bonds. The van der Waals surface area contributed by atoms with Gasteiger partial charge in [0.1, 0.15) is 5.60 Å². The normalized spacial score (nSPS) is 16.0. The van der Waals surface area contributed by atoms with Crippen LogP contribution >= 0.6 is 0 Å². The van der Waals surface area contributed by atoms with E-state index >= 15 is 0 Å². The highest BCUT2D eigenvalue weighted by Gasteiger charge is 2.19. The average Bonchev–Trinajstić information content (AvgIpc) is 2.47. The molecule has 1 aromatic carbocycles. The topological polar surface area (TPSA) is 41.6 Å². The molecular weight excluding hydrogens is 288 g/mol. The lowest BCUT2D eigenvalue weighted by molar-refractivity contribution is 0.0285. The Hall–Kier alpha value is -1.71.